The van der Waals surface area contributed by atoms with Crippen molar-refractivity contribution in [2.24, 2.45) is 0 Å². The third-order valence-corrected chi connectivity index (χ3v) is 4.60. The maximum Gasteiger partial charge on any atom is 0.146 e. The van der Waals surface area contributed by atoms with Gasteiger partial charge >= 0.3 is 0 Å². The molecule has 124 valence electrons. The fourth-order valence-electron chi connectivity index (χ4n) is 3.16. The molecule has 24 heavy (non-hydrogen) atoms. The maximum absolute atomic E-state index is 9.32. The number of piperidine rings is 1. The van der Waals surface area contributed by atoms with Crippen molar-refractivity contribution in [1.29, 1.82) is 5.26 Å². The van der Waals surface area contributed by atoms with E-state index < -0.39 is 0 Å². The molecular weight excluding hydrogens is 300 g/mol. The molecule has 0 aliphatic carbocycles. The van der Waals surface area contributed by atoms with Crippen LogP contribution in [-0.2, 0) is 0 Å². The normalized spacial score (nSPS) is 15.2. The summed E-state index contributed by atoms with van der Waals surface area (Å²) in [6.07, 6.45) is 3.65. The number of hydrogen-bond acceptors (Lipinski definition) is 6. The minimum Gasteiger partial charge on any atom is -0.356 e. The predicted octanol–water partition coefficient (Wildman–Crippen LogP) is 2.47. The molecule has 6 nitrogen and oxygen atoms in total. The molecule has 0 amide bonds. The van der Waals surface area contributed by atoms with E-state index >= 15 is 0 Å². The Morgan fingerprint density at radius 2 is 1.92 bits per heavy atom. The van der Waals surface area contributed by atoms with E-state index in [0.717, 1.165) is 49.0 Å². The van der Waals surface area contributed by atoms with E-state index in [9.17, 15) is 5.26 Å². The van der Waals surface area contributed by atoms with Crippen LogP contribution in [0.1, 0.15) is 29.8 Å². The Bertz CT molecular complexity index is 758. The van der Waals surface area contributed by atoms with Crippen LogP contribution in [0.3, 0.4) is 0 Å². The molecule has 0 spiro atoms. The van der Waals surface area contributed by atoms with Crippen LogP contribution in [0.2, 0.25) is 0 Å². The van der Waals surface area contributed by atoms with Crippen LogP contribution >= 0.6 is 0 Å². The summed E-state index contributed by atoms with van der Waals surface area (Å²) in [7, 11) is 2.09. The number of nitrogens with zero attached hydrogens (tertiary/aromatic N) is 6. The van der Waals surface area contributed by atoms with Crippen LogP contribution in [-0.4, -0.2) is 41.1 Å². The van der Waals surface area contributed by atoms with Gasteiger partial charge in [-0.25, -0.2) is 15.0 Å². The second kappa shape index (κ2) is 6.83. The van der Waals surface area contributed by atoms with E-state index in [2.05, 4.69) is 37.9 Å². The molecule has 0 aromatic carbocycles. The Morgan fingerprint density at radius 3 is 2.58 bits per heavy atom. The zero-order valence-electron chi connectivity index (χ0n) is 14.4. The van der Waals surface area contributed by atoms with Gasteiger partial charge in [-0.15, -0.1) is 0 Å². The number of rotatable bonds is 3. The lowest BCUT2D eigenvalue weighted by atomic mass is 10.0. The molecule has 0 atom stereocenters. The highest BCUT2D eigenvalue weighted by molar-refractivity contribution is 5.54. The molecular formula is C18H22N6. The second-order valence-corrected chi connectivity index (χ2v) is 6.28. The quantitative estimate of drug-likeness (QED) is 0.864. The van der Waals surface area contributed by atoms with Crippen molar-refractivity contribution in [2.45, 2.75) is 32.7 Å². The highest BCUT2D eigenvalue weighted by Gasteiger charge is 2.25. The smallest absolute Gasteiger partial charge is 0.146 e. The number of nitriles is 1. The molecule has 0 saturated carbocycles. The summed E-state index contributed by atoms with van der Waals surface area (Å²) in [5.74, 6) is 1.78. The van der Waals surface area contributed by atoms with Crippen molar-refractivity contribution in [1.82, 2.24) is 15.0 Å². The number of aryl methyl sites for hydroxylation is 2. The summed E-state index contributed by atoms with van der Waals surface area (Å²) in [6.45, 7) is 5.73. The van der Waals surface area contributed by atoms with Gasteiger partial charge in [-0.2, -0.15) is 5.26 Å². The first kappa shape index (κ1) is 16.2. The third-order valence-electron chi connectivity index (χ3n) is 4.60. The molecule has 0 unspecified atom stereocenters. The minimum atomic E-state index is 0.436. The SMILES string of the molecule is Cc1cc(N(C)C2CCN(c3nc(C)ccc3C#N)CC2)ncn1. The topological polar surface area (TPSA) is 68.9 Å². The lowest BCUT2D eigenvalue weighted by molar-refractivity contribution is 0.477. The van der Waals surface area contributed by atoms with Gasteiger partial charge in [0.2, 0.25) is 0 Å². The average Bonchev–Trinajstić information content (AvgIpc) is 2.61. The summed E-state index contributed by atoms with van der Waals surface area (Å²) in [5, 5.41) is 9.32. The summed E-state index contributed by atoms with van der Waals surface area (Å²) >= 11 is 0. The molecule has 1 aliphatic heterocycles. The Kier molecular flexibility index (Phi) is 4.61. The van der Waals surface area contributed by atoms with E-state index in [0.29, 0.717) is 11.6 Å². The van der Waals surface area contributed by atoms with Crippen molar-refractivity contribution in [2.75, 3.05) is 29.9 Å². The lowest BCUT2D eigenvalue weighted by Gasteiger charge is -2.38. The molecule has 2 aromatic heterocycles. The third kappa shape index (κ3) is 3.30. The molecule has 1 aliphatic rings. The summed E-state index contributed by atoms with van der Waals surface area (Å²) in [6, 6.07) is 8.46. The first-order chi connectivity index (χ1) is 11.6. The molecule has 1 fully saturated rings. The fraction of sp³-hybridized carbons (Fsp3) is 0.444. The van der Waals surface area contributed by atoms with E-state index in [-0.39, 0.29) is 0 Å². The van der Waals surface area contributed by atoms with Crippen LogP contribution in [0.4, 0.5) is 11.6 Å². The van der Waals surface area contributed by atoms with Crippen LogP contribution < -0.4 is 9.80 Å². The highest BCUT2D eigenvalue weighted by atomic mass is 15.2. The molecule has 0 bridgehead atoms. The predicted molar refractivity (Wildman–Crippen MR) is 94.1 cm³/mol. The van der Waals surface area contributed by atoms with Crippen molar-refractivity contribution in [3.05, 3.63) is 41.5 Å². The van der Waals surface area contributed by atoms with Gasteiger partial charge in [0.1, 0.15) is 24.0 Å². The molecule has 3 rings (SSSR count). The van der Waals surface area contributed by atoms with E-state index in [1.807, 2.05) is 32.0 Å². The van der Waals surface area contributed by atoms with Crippen LogP contribution in [0.15, 0.2) is 24.5 Å². The van der Waals surface area contributed by atoms with Gasteiger partial charge in [-0.05, 0) is 38.8 Å². The van der Waals surface area contributed by atoms with Crippen LogP contribution in [0.5, 0.6) is 0 Å². The second-order valence-electron chi connectivity index (χ2n) is 6.28. The van der Waals surface area contributed by atoms with Gasteiger partial charge in [0.05, 0.1) is 5.56 Å². The number of anilines is 2. The van der Waals surface area contributed by atoms with Crippen LogP contribution in [0.25, 0.3) is 0 Å². The molecule has 6 heteroatoms. The Morgan fingerprint density at radius 1 is 1.17 bits per heavy atom. The van der Waals surface area contributed by atoms with Crippen molar-refractivity contribution in [3.63, 3.8) is 0 Å². The maximum atomic E-state index is 9.32. The average molecular weight is 322 g/mol. The summed E-state index contributed by atoms with van der Waals surface area (Å²) < 4.78 is 0. The number of aromatic nitrogens is 3. The van der Waals surface area contributed by atoms with E-state index in [1.54, 1.807) is 6.33 Å². The standard InChI is InChI=1S/C18H22N6/c1-13-4-5-15(11-19)18(22-13)24-8-6-16(7-9-24)23(3)17-10-14(2)20-12-21-17/h4-5,10,12,16H,6-9H2,1-3H3. The zero-order chi connectivity index (χ0) is 17.1. The number of pyridine rings is 1. The number of hydrogen-bond donors (Lipinski definition) is 0. The van der Waals surface area contributed by atoms with E-state index in [4.69, 9.17) is 0 Å². The van der Waals surface area contributed by atoms with Gasteiger partial charge in [0, 0.05) is 43.6 Å². The molecule has 2 aromatic rings. The van der Waals surface area contributed by atoms with E-state index in [1.165, 1.54) is 0 Å². The lowest BCUT2D eigenvalue weighted by Crippen LogP contribution is -2.44. The monoisotopic (exact) mass is 322 g/mol. The Labute approximate surface area is 142 Å². The van der Waals surface area contributed by atoms with Crippen molar-refractivity contribution >= 4 is 11.6 Å². The molecule has 0 N–H and O–H groups in total. The van der Waals surface area contributed by atoms with Crippen LogP contribution in [0, 0.1) is 25.2 Å². The molecule has 0 radical (unpaired) electrons. The van der Waals surface area contributed by atoms with Gasteiger partial charge < -0.3 is 9.80 Å². The highest BCUT2D eigenvalue weighted by Crippen LogP contribution is 2.25. The zero-order valence-corrected chi connectivity index (χ0v) is 14.4. The van der Waals surface area contributed by atoms with Gasteiger partial charge in [0.25, 0.3) is 0 Å². The van der Waals surface area contributed by atoms with Gasteiger partial charge in [-0.3, -0.25) is 0 Å². The Hall–Kier alpha value is -2.68. The first-order valence-electron chi connectivity index (χ1n) is 8.22. The fourth-order valence-corrected chi connectivity index (χ4v) is 3.16. The summed E-state index contributed by atoms with van der Waals surface area (Å²) in [5.41, 5.74) is 2.57. The Balaban J connectivity index is 1.70. The minimum absolute atomic E-state index is 0.436. The molecule has 3 heterocycles. The van der Waals surface area contributed by atoms with Crippen molar-refractivity contribution < 1.29 is 0 Å². The molecule has 1 saturated heterocycles. The van der Waals surface area contributed by atoms with Crippen molar-refractivity contribution in [3.8, 4) is 6.07 Å². The largest absolute Gasteiger partial charge is 0.356 e. The first-order valence-corrected chi connectivity index (χ1v) is 8.22. The van der Waals surface area contributed by atoms with Gasteiger partial charge in [-0.1, -0.05) is 0 Å². The summed E-state index contributed by atoms with van der Waals surface area (Å²) in [4.78, 5) is 17.6. The van der Waals surface area contributed by atoms with Gasteiger partial charge in [0.15, 0.2) is 0 Å².